The van der Waals surface area contributed by atoms with E-state index in [1.54, 1.807) is 16.6 Å². The lowest BCUT2D eigenvalue weighted by molar-refractivity contribution is -0.125. The minimum absolute atomic E-state index is 0.0518. The third-order valence-electron chi connectivity index (χ3n) is 5.96. The van der Waals surface area contributed by atoms with Gasteiger partial charge in [0.05, 0.1) is 24.4 Å². The van der Waals surface area contributed by atoms with Gasteiger partial charge in [-0.1, -0.05) is 29.5 Å². The average Bonchev–Trinajstić information content (AvgIpc) is 3.44. The number of carbonyl (C=O) groups is 1. The van der Waals surface area contributed by atoms with Gasteiger partial charge in [-0.25, -0.2) is 13.9 Å². The first-order chi connectivity index (χ1) is 16.6. The first kappa shape index (κ1) is 22.3. The second-order valence-corrected chi connectivity index (χ2v) is 9.22. The molecule has 1 unspecified atom stereocenters. The molecule has 4 aromatic rings. The Morgan fingerprint density at radius 2 is 2.06 bits per heavy atom. The van der Waals surface area contributed by atoms with Crippen molar-refractivity contribution >= 4 is 27.3 Å². The topological polar surface area (TPSA) is 71.8 Å². The first-order valence-electron chi connectivity index (χ1n) is 11.5. The van der Waals surface area contributed by atoms with Gasteiger partial charge in [0.1, 0.15) is 11.6 Å². The van der Waals surface area contributed by atoms with Gasteiger partial charge < -0.3 is 15.0 Å². The summed E-state index contributed by atoms with van der Waals surface area (Å²) in [5.41, 5.74) is 2.58. The summed E-state index contributed by atoms with van der Waals surface area (Å²) in [6, 6.07) is 14.1. The number of ether oxygens (including phenoxy) is 1. The van der Waals surface area contributed by atoms with Crippen molar-refractivity contribution in [1.29, 1.82) is 0 Å². The number of aromatic nitrogens is 3. The Morgan fingerprint density at radius 1 is 1.24 bits per heavy atom. The number of imidazole rings is 1. The predicted molar refractivity (Wildman–Crippen MR) is 131 cm³/mol. The highest BCUT2D eigenvalue weighted by atomic mass is 32.1. The van der Waals surface area contributed by atoms with Crippen LogP contribution in [0.1, 0.15) is 25.3 Å². The van der Waals surface area contributed by atoms with E-state index in [-0.39, 0.29) is 17.6 Å². The molecule has 1 fully saturated rings. The molecule has 0 radical (unpaired) electrons. The van der Waals surface area contributed by atoms with Crippen molar-refractivity contribution in [2.45, 2.75) is 26.3 Å². The van der Waals surface area contributed by atoms with Gasteiger partial charge in [-0.15, -0.1) is 5.10 Å². The molecule has 176 valence electrons. The summed E-state index contributed by atoms with van der Waals surface area (Å²) in [5.74, 6) is 0.490. The van der Waals surface area contributed by atoms with E-state index < -0.39 is 0 Å². The van der Waals surface area contributed by atoms with Crippen molar-refractivity contribution in [1.82, 2.24) is 19.9 Å². The predicted octanol–water partition coefficient (Wildman–Crippen LogP) is 4.53. The van der Waals surface area contributed by atoms with Crippen molar-refractivity contribution in [3.63, 3.8) is 0 Å². The van der Waals surface area contributed by atoms with Gasteiger partial charge in [-0.2, -0.15) is 0 Å². The van der Waals surface area contributed by atoms with Crippen LogP contribution in [0.2, 0.25) is 0 Å². The standard InChI is InChI=1S/C25H26FN5O2S/c1-2-33-22-8-4-3-6-18(22)14-27-23(32)19-7-5-13-30(15-19)25-29-31-16-21(28-24(31)34-25)17-9-11-20(26)12-10-17/h3-4,6,8-12,16,19H,2,5,7,13-15H2,1H3,(H,27,32). The second kappa shape index (κ2) is 9.80. The van der Waals surface area contributed by atoms with Gasteiger partial charge in [-0.3, -0.25) is 4.79 Å². The fraction of sp³-hybridized carbons (Fsp3) is 0.320. The molecule has 1 amide bonds. The van der Waals surface area contributed by atoms with Crippen molar-refractivity contribution < 1.29 is 13.9 Å². The molecule has 9 heteroatoms. The van der Waals surface area contributed by atoms with Crippen molar-refractivity contribution in [3.8, 4) is 17.0 Å². The number of benzene rings is 2. The van der Waals surface area contributed by atoms with Crippen molar-refractivity contribution in [2.24, 2.45) is 5.92 Å². The lowest BCUT2D eigenvalue weighted by Gasteiger charge is -2.31. The third-order valence-corrected chi connectivity index (χ3v) is 6.94. The SMILES string of the molecule is CCOc1ccccc1CNC(=O)C1CCCN(c2nn3cc(-c4ccc(F)cc4)nc3s2)C1. The smallest absolute Gasteiger partial charge is 0.225 e. The Labute approximate surface area is 201 Å². The molecule has 1 aliphatic rings. The number of rotatable bonds is 7. The molecule has 34 heavy (non-hydrogen) atoms. The molecule has 1 saturated heterocycles. The zero-order valence-corrected chi connectivity index (χ0v) is 19.7. The van der Waals surface area contributed by atoms with Crippen LogP contribution in [-0.2, 0) is 11.3 Å². The molecule has 3 heterocycles. The second-order valence-electron chi connectivity index (χ2n) is 8.29. The number of piperidine rings is 1. The fourth-order valence-corrected chi connectivity index (χ4v) is 5.13. The normalized spacial score (nSPS) is 16.1. The van der Waals surface area contributed by atoms with Crippen LogP contribution in [0.15, 0.2) is 54.7 Å². The van der Waals surface area contributed by atoms with E-state index in [2.05, 4.69) is 15.2 Å². The first-order valence-corrected chi connectivity index (χ1v) is 12.3. The fourth-order valence-electron chi connectivity index (χ4n) is 4.21. The summed E-state index contributed by atoms with van der Waals surface area (Å²) in [7, 11) is 0. The van der Waals surface area contributed by atoms with E-state index in [9.17, 15) is 9.18 Å². The molecule has 2 aromatic heterocycles. The highest BCUT2D eigenvalue weighted by Crippen LogP contribution is 2.30. The minimum atomic E-state index is -0.271. The number of nitrogens with one attached hydrogen (secondary N) is 1. The van der Waals surface area contributed by atoms with Crippen molar-refractivity contribution in [3.05, 3.63) is 66.1 Å². The van der Waals surface area contributed by atoms with E-state index in [0.717, 1.165) is 52.0 Å². The zero-order chi connectivity index (χ0) is 23.5. The number of fused-ring (bicyclic) bond motifs is 1. The van der Waals surface area contributed by atoms with Crippen LogP contribution in [-0.4, -0.2) is 40.2 Å². The summed E-state index contributed by atoms with van der Waals surface area (Å²) >= 11 is 1.50. The number of carbonyl (C=O) groups excluding carboxylic acids is 1. The maximum atomic E-state index is 13.2. The van der Waals surface area contributed by atoms with E-state index >= 15 is 0 Å². The quantitative estimate of drug-likeness (QED) is 0.422. The molecule has 1 atom stereocenters. The Hall–Kier alpha value is -3.46. The number of hydrogen-bond acceptors (Lipinski definition) is 6. The highest BCUT2D eigenvalue weighted by Gasteiger charge is 2.28. The summed E-state index contributed by atoms with van der Waals surface area (Å²) in [4.78, 5) is 20.5. The highest BCUT2D eigenvalue weighted by molar-refractivity contribution is 7.20. The van der Waals surface area contributed by atoms with Gasteiger partial charge in [0, 0.05) is 30.8 Å². The molecule has 1 aliphatic heterocycles. The third kappa shape index (κ3) is 4.75. The van der Waals surface area contributed by atoms with Gasteiger partial charge in [-0.05, 0) is 50.1 Å². The van der Waals surface area contributed by atoms with Crippen LogP contribution >= 0.6 is 11.3 Å². The van der Waals surface area contributed by atoms with Gasteiger partial charge in [0.25, 0.3) is 0 Å². The van der Waals surface area contributed by atoms with Crippen LogP contribution in [0.25, 0.3) is 16.2 Å². The van der Waals surface area contributed by atoms with Crippen LogP contribution in [0.5, 0.6) is 5.75 Å². The molecule has 0 aliphatic carbocycles. The Bertz CT molecular complexity index is 1250. The molecule has 1 N–H and O–H groups in total. The summed E-state index contributed by atoms with van der Waals surface area (Å²) < 4.78 is 20.6. The van der Waals surface area contributed by atoms with E-state index in [1.165, 1.54) is 23.5 Å². The number of halogens is 1. The Kier molecular flexibility index (Phi) is 6.44. The zero-order valence-electron chi connectivity index (χ0n) is 18.9. The summed E-state index contributed by atoms with van der Waals surface area (Å²) in [6.07, 6.45) is 3.63. The molecule has 5 rings (SSSR count). The number of nitrogens with zero attached hydrogens (tertiary/aromatic N) is 4. The molecular weight excluding hydrogens is 453 g/mol. The summed E-state index contributed by atoms with van der Waals surface area (Å²) in [5, 5.41) is 8.63. The average molecular weight is 480 g/mol. The van der Waals surface area contributed by atoms with Gasteiger partial charge in [0.2, 0.25) is 16.0 Å². The number of para-hydroxylation sites is 1. The monoisotopic (exact) mass is 479 g/mol. The van der Waals surface area contributed by atoms with E-state index in [4.69, 9.17) is 9.84 Å². The summed E-state index contributed by atoms with van der Waals surface area (Å²) in [6.45, 7) is 4.47. The molecule has 2 aromatic carbocycles. The number of amides is 1. The van der Waals surface area contributed by atoms with Gasteiger partial charge >= 0.3 is 0 Å². The van der Waals surface area contributed by atoms with E-state index in [0.29, 0.717) is 19.7 Å². The Morgan fingerprint density at radius 3 is 2.85 bits per heavy atom. The van der Waals surface area contributed by atoms with Crippen LogP contribution in [0.3, 0.4) is 0 Å². The van der Waals surface area contributed by atoms with Crippen LogP contribution in [0.4, 0.5) is 9.52 Å². The molecule has 0 bridgehead atoms. The molecule has 0 spiro atoms. The number of anilines is 1. The van der Waals surface area contributed by atoms with Gasteiger partial charge in [0.15, 0.2) is 0 Å². The van der Waals surface area contributed by atoms with Crippen molar-refractivity contribution in [2.75, 3.05) is 24.6 Å². The Balaban J connectivity index is 1.23. The molecular formula is C25H26FN5O2S. The lowest BCUT2D eigenvalue weighted by atomic mass is 9.97. The van der Waals surface area contributed by atoms with Crippen LogP contribution < -0.4 is 15.0 Å². The van der Waals surface area contributed by atoms with E-state index in [1.807, 2.05) is 37.4 Å². The lowest BCUT2D eigenvalue weighted by Crippen LogP contribution is -2.43. The molecule has 7 nitrogen and oxygen atoms in total. The maximum Gasteiger partial charge on any atom is 0.225 e. The number of hydrogen-bond donors (Lipinski definition) is 1. The minimum Gasteiger partial charge on any atom is -0.494 e. The largest absolute Gasteiger partial charge is 0.494 e. The molecule has 0 saturated carbocycles. The maximum absolute atomic E-state index is 13.2. The van der Waals surface area contributed by atoms with Crippen LogP contribution in [0, 0.1) is 11.7 Å².